The maximum absolute atomic E-state index is 13.2. The van der Waals surface area contributed by atoms with Gasteiger partial charge in [0.1, 0.15) is 5.82 Å². The summed E-state index contributed by atoms with van der Waals surface area (Å²) >= 11 is 1.61. The van der Waals surface area contributed by atoms with E-state index in [0.717, 1.165) is 54.6 Å². The van der Waals surface area contributed by atoms with Gasteiger partial charge in [0.15, 0.2) is 5.82 Å². The van der Waals surface area contributed by atoms with Crippen LogP contribution in [0.4, 0.5) is 11.6 Å². The van der Waals surface area contributed by atoms with Crippen LogP contribution in [0.2, 0.25) is 0 Å². The molecule has 0 saturated carbocycles. The second-order valence-electron chi connectivity index (χ2n) is 8.90. The molecule has 1 unspecified atom stereocenters. The minimum absolute atomic E-state index is 0.0984. The average molecular weight is 506 g/mol. The van der Waals surface area contributed by atoms with Gasteiger partial charge in [-0.3, -0.25) is 14.4 Å². The molecule has 9 heteroatoms. The molecular weight excluding hydrogens is 470 g/mol. The van der Waals surface area contributed by atoms with Gasteiger partial charge in [-0.15, -0.1) is 11.3 Å². The summed E-state index contributed by atoms with van der Waals surface area (Å²) in [5.41, 5.74) is 2.83. The highest BCUT2D eigenvalue weighted by Gasteiger charge is 2.22. The van der Waals surface area contributed by atoms with Crippen LogP contribution >= 0.6 is 11.3 Å². The van der Waals surface area contributed by atoms with Gasteiger partial charge in [-0.1, -0.05) is 26.5 Å². The number of aryl methyl sites for hydroxylation is 1. The van der Waals surface area contributed by atoms with Gasteiger partial charge in [0, 0.05) is 38.3 Å². The maximum atomic E-state index is 13.2. The minimum Gasteiger partial charge on any atom is -0.356 e. The maximum Gasteiger partial charge on any atom is 0.251 e. The van der Waals surface area contributed by atoms with Crippen molar-refractivity contribution < 1.29 is 4.79 Å². The zero-order chi connectivity index (χ0) is 25.7. The first-order valence-electron chi connectivity index (χ1n) is 12.5. The van der Waals surface area contributed by atoms with E-state index in [1.807, 2.05) is 36.7 Å². The predicted octanol–water partition coefficient (Wildman–Crippen LogP) is 4.52. The Bertz CT molecular complexity index is 1220. The van der Waals surface area contributed by atoms with Crippen LogP contribution in [0.5, 0.6) is 0 Å². The van der Waals surface area contributed by atoms with Crippen LogP contribution in [0.15, 0.2) is 53.5 Å². The van der Waals surface area contributed by atoms with Gasteiger partial charge in [0.25, 0.3) is 5.91 Å². The highest BCUT2D eigenvalue weighted by atomic mass is 32.1. The molecule has 1 atom stereocenters. The number of hydrogen-bond donors (Lipinski definition) is 1. The number of amides is 1. The van der Waals surface area contributed by atoms with Gasteiger partial charge in [-0.2, -0.15) is 5.10 Å². The number of aromatic nitrogens is 3. The van der Waals surface area contributed by atoms with Crippen LogP contribution in [0.3, 0.4) is 0 Å². The van der Waals surface area contributed by atoms with Gasteiger partial charge >= 0.3 is 0 Å². The van der Waals surface area contributed by atoms with Crippen molar-refractivity contribution in [2.75, 3.05) is 37.6 Å². The zero-order valence-electron chi connectivity index (χ0n) is 21.6. The van der Waals surface area contributed by atoms with E-state index in [0.29, 0.717) is 23.6 Å². The normalized spacial score (nSPS) is 14.6. The van der Waals surface area contributed by atoms with Crippen LogP contribution in [0.1, 0.15) is 42.4 Å². The summed E-state index contributed by atoms with van der Waals surface area (Å²) in [6.45, 7) is 14.7. The quantitative estimate of drug-likeness (QED) is 0.388. The summed E-state index contributed by atoms with van der Waals surface area (Å²) in [7, 11) is 1.86. The third-order valence-electron chi connectivity index (χ3n) is 6.62. The fraction of sp³-hybridized carbons (Fsp3) is 0.407. The first-order valence-corrected chi connectivity index (χ1v) is 13.4. The number of hydrogen-bond acceptors (Lipinski definition) is 7. The first kappa shape index (κ1) is 25.8. The second-order valence-corrected chi connectivity index (χ2v) is 9.85. The molecule has 36 heavy (non-hydrogen) atoms. The molecule has 0 radical (unpaired) electrons. The molecule has 1 fully saturated rings. The van der Waals surface area contributed by atoms with Crippen molar-refractivity contribution in [3.63, 3.8) is 0 Å². The Kier molecular flexibility index (Phi) is 8.32. The van der Waals surface area contributed by atoms with E-state index in [2.05, 4.69) is 47.6 Å². The van der Waals surface area contributed by atoms with Crippen molar-refractivity contribution in [3.05, 3.63) is 58.9 Å². The Morgan fingerprint density at radius 3 is 2.72 bits per heavy atom. The number of thiophene rings is 1. The number of anilines is 1. The molecule has 190 valence electrons. The summed E-state index contributed by atoms with van der Waals surface area (Å²) in [6, 6.07) is 8.00. The van der Waals surface area contributed by atoms with Crippen LogP contribution < -0.4 is 10.2 Å². The van der Waals surface area contributed by atoms with E-state index in [1.54, 1.807) is 28.3 Å². The molecule has 1 aliphatic rings. The van der Waals surface area contributed by atoms with Crippen molar-refractivity contribution in [1.82, 2.24) is 25.0 Å². The van der Waals surface area contributed by atoms with Crippen LogP contribution in [-0.4, -0.2) is 70.0 Å². The summed E-state index contributed by atoms with van der Waals surface area (Å²) < 4.78 is 1.73. The lowest BCUT2D eigenvalue weighted by Crippen LogP contribution is -2.42. The largest absolute Gasteiger partial charge is 0.356 e. The van der Waals surface area contributed by atoms with E-state index in [-0.39, 0.29) is 11.9 Å². The van der Waals surface area contributed by atoms with Gasteiger partial charge in [-0.25, -0.2) is 9.98 Å². The van der Waals surface area contributed by atoms with Crippen molar-refractivity contribution in [3.8, 4) is 11.3 Å². The Morgan fingerprint density at radius 1 is 1.33 bits per heavy atom. The molecular formula is C27H35N7OS. The van der Waals surface area contributed by atoms with E-state index in [4.69, 9.17) is 9.98 Å². The number of rotatable bonds is 11. The van der Waals surface area contributed by atoms with Crippen LogP contribution in [0, 0.1) is 0 Å². The molecule has 0 aromatic carbocycles. The van der Waals surface area contributed by atoms with Crippen molar-refractivity contribution in [1.29, 1.82) is 0 Å². The number of carbonyl (C=O) groups is 1. The molecule has 4 rings (SSSR count). The summed E-state index contributed by atoms with van der Waals surface area (Å²) in [4.78, 5) is 28.6. The number of nitrogens with one attached hydrogen (secondary N) is 1. The Labute approximate surface area is 217 Å². The minimum atomic E-state index is -0.0984. The smallest absolute Gasteiger partial charge is 0.251 e. The molecule has 3 aromatic rings. The van der Waals surface area contributed by atoms with Crippen LogP contribution in [-0.2, 0) is 7.05 Å². The summed E-state index contributed by atoms with van der Waals surface area (Å²) in [5.74, 6) is 1.38. The third-order valence-corrected chi connectivity index (χ3v) is 7.52. The standard InChI is InChI=1S/C27H35N7OS/c1-6-22(24-11-9-14-36-24)31-26-21(18-29-32(26)5)23-15-20(16-25(30-23)34-12-10-13-34)27(35)28-17-19(4)33(7-2)8-3/h6,9,11,14-16,18-19H,1,7-8,10,12-13,17H2,2-5H3,(H,28,35)/b31-22+. The molecule has 0 spiro atoms. The lowest BCUT2D eigenvalue weighted by atomic mass is 10.1. The highest BCUT2D eigenvalue weighted by Crippen LogP contribution is 2.32. The average Bonchev–Trinajstić information content (AvgIpc) is 3.50. The molecule has 0 bridgehead atoms. The van der Waals surface area contributed by atoms with Gasteiger partial charge in [0.05, 0.1) is 28.0 Å². The molecule has 1 aliphatic heterocycles. The number of nitrogens with zero attached hydrogens (tertiary/aromatic N) is 6. The molecule has 3 aromatic heterocycles. The topological polar surface area (TPSA) is 78.7 Å². The summed E-state index contributed by atoms with van der Waals surface area (Å²) in [6.07, 6.45) is 4.64. The molecule has 1 amide bonds. The molecule has 4 heterocycles. The van der Waals surface area contributed by atoms with Crippen LogP contribution in [0.25, 0.3) is 11.3 Å². The first-order chi connectivity index (χ1) is 17.4. The Balaban J connectivity index is 1.68. The van der Waals surface area contributed by atoms with Gasteiger partial charge < -0.3 is 10.2 Å². The number of likely N-dealkylation sites (N-methyl/N-ethyl adjacent to an activating group) is 1. The second kappa shape index (κ2) is 11.6. The molecule has 1 saturated heterocycles. The van der Waals surface area contributed by atoms with Gasteiger partial charge in [-0.05, 0) is 56.1 Å². The molecule has 0 aliphatic carbocycles. The fourth-order valence-electron chi connectivity index (χ4n) is 4.30. The lowest BCUT2D eigenvalue weighted by molar-refractivity contribution is 0.0938. The third kappa shape index (κ3) is 5.57. The predicted molar refractivity (Wildman–Crippen MR) is 149 cm³/mol. The fourth-order valence-corrected chi connectivity index (χ4v) is 5.01. The van der Waals surface area contributed by atoms with E-state index >= 15 is 0 Å². The van der Waals surface area contributed by atoms with Crippen molar-refractivity contribution in [2.45, 2.75) is 33.2 Å². The number of pyridine rings is 1. The lowest BCUT2D eigenvalue weighted by Gasteiger charge is -2.32. The monoisotopic (exact) mass is 505 g/mol. The highest BCUT2D eigenvalue weighted by molar-refractivity contribution is 7.12. The van der Waals surface area contributed by atoms with Crippen molar-refractivity contribution in [2.24, 2.45) is 12.0 Å². The Hall–Kier alpha value is -3.30. The zero-order valence-corrected chi connectivity index (χ0v) is 22.4. The van der Waals surface area contributed by atoms with E-state index < -0.39 is 0 Å². The Morgan fingerprint density at radius 2 is 2.11 bits per heavy atom. The number of allylic oxidation sites excluding steroid dienone is 1. The number of carbonyl (C=O) groups excluding carboxylic acids is 1. The van der Waals surface area contributed by atoms with E-state index in [1.165, 1.54) is 0 Å². The SMILES string of the molecule is C=C/C(=N\c1c(-c2cc(C(=O)NCC(C)N(CC)CC)cc(N3CCC3)n2)cnn1C)c1cccs1. The molecule has 8 nitrogen and oxygen atoms in total. The number of aliphatic imine (C=N–C) groups is 1. The summed E-state index contributed by atoms with van der Waals surface area (Å²) in [5, 5.41) is 9.60. The van der Waals surface area contributed by atoms with E-state index in [9.17, 15) is 4.79 Å². The van der Waals surface area contributed by atoms with Gasteiger partial charge in [0.2, 0.25) is 0 Å². The van der Waals surface area contributed by atoms with Crippen molar-refractivity contribution >= 4 is 34.6 Å². The molecule has 1 N–H and O–H groups in total.